The second-order valence-electron chi connectivity index (χ2n) is 6.83. The number of ether oxygens (including phenoxy) is 2. The highest BCUT2D eigenvalue weighted by Gasteiger charge is 2.11. The zero-order chi connectivity index (χ0) is 21.6. The lowest BCUT2D eigenvalue weighted by Gasteiger charge is -2.08. The lowest BCUT2D eigenvalue weighted by atomic mass is 10.2. The van der Waals surface area contributed by atoms with Crippen LogP contribution in [0.25, 0.3) is 10.9 Å². The summed E-state index contributed by atoms with van der Waals surface area (Å²) >= 11 is 3.24. The zero-order valence-corrected chi connectivity index (χ0v) is 18.0. The zero-order valence-electron chi connectivity index (χ0n) is 16.4. The molecule has 0 bridgehead atoms. The Hall–Kier alpha value is -3.23. The fourth-order valence-electron chi connectivity index (χ4n) is 2.98. The number of H-pyrrole nitrogens is 1. The molecular weight excluding hydrogens is 465 g/mol. The van der Waals surface area contributed by atoms with Crippen molar-refractivity contribution < 1.29 is 18.7 Å². The van der Waals surface area contributed by atoms with Gasteiger partial charge in [-0.2, -0.15) is 5.10 Å². The second-order valence-corrected chi connectivity index (χ2v) is 7.75. The Bertz CT molecular complexity index is 1200. The molecule has 0 saturated carbocycles. The predicted molar refractivity (Wildman–Crippen MR) is 119 cm³/mol. The van der Waals surface area contributed by atoms with Crippen LogP contribution in [0, 0.1) is 5.82 Å². The van der Waals surface area contributed by atoms with Crippen molar-refractivity contribution in [3.63, 3.8) is 0 Å². The van der Waals surface area contributed by atoms with Crippen LogP contribution in [0.5, 0.6) is 5.75 Å². The summed E-state index contributed by atoms with van der Waals surface area (Å²) in [4.78, 5) is 12.2. The molecule has 1 amide bonds. The smallest absolute Gasteiger partial charge is 0.251 e. The van der Waals surface area contributed by atoms with E-state index in [0.717, 1.165) is 11.1 Å². The maximum absolute atomic E-state index is 14.0. The third-order valence-corrected chi connectivity index (χ3v) is 5.04. The summed E-state index contributed by atoms with van der Waals surface area (Å²) in [5.41, 5.74) is 2.17. The molecule has 158 valence electrons. The van der Waals surface area contributed by atoms with E-state index >= 15 is 0 Å². The molecule has 2 N–H and O–H groups in total. The second kappa shape index (κ2) is 9.72. The number of anilines is 1. The van der Waals surface area contributed by atoms with E-state index in [1.807, 2.05) is 30.3 Å². The molecule has 0 aliphatic carbocycles. The third kappa shape index (κ3) is 5.48. The number of benzene rings is 3. The molecular formula is C23H19BrFN3O3. The Kier molecular flexibility index (Phi) is 6.59. The van der Waals surface area contributed by atoms with E-state index < -0.39 is 0 Å². The van der Waals surface area contributed by atoms with Gasteiger partial charge in [-0.15, -0.1) is 0 Å². The summed E-state index contributed by atoms with van der Waals surface area (Å²) in [6, 6.07) is 19.7. The van der Waals surface area contributed by atoms with Gasteiger partial charge in [0.25, 0.3) is 5.91 Å². The van der Waals surface area contributed by atoms with Crippen LogP contribution in [-0.4, -0.2) is 22.7 Å². The van der Waals surface area contributed by atoms with Gasteiger partial charge in [-0.1, -0.05) is 52.3 Å². The topological polar surface area (TPSA) is 76.2 Å². The summed E-state index contributed by atoms with van der Waals surface area (Å²) in [7, 11) is 0. The van der Waals surface area contributed by atoms with Crippen molar-refractivity contribution in [3.05, 3.63) is 88.1 Å². The van der Waals surface area contributed by atoms with E-state index in [0.29, 0.717) is 33.6 Å². The van der Waals surface area contributed by atoms with Crippen LogP contribution in [-0.2, 0) is 22.7 Å². The van der Waals surface area contributed by atoms with Crippen LogP contribution in [0.15, 0.2) is 71.2 Å². The van der Waals surface area contributed by atoms with Gasteiger partial charge in [-0.25, -0.2) is 4.39 Å². The standard InChI is InChI=1S/C23H19BrFN3O3/c24-17-7-6-16(20(25)10-17)13-31-18-8-9-21-19(11-18)23(28-27-21)26-22(29)14-30-12-15-4-2-1-3-5-15/h1-11H,12-14H2,(H2,26,27,28,29). The highest BCUT2D eigenvalue weighted by molar-refractivity contribution is 9.10. The van der Waals surface area contributed by atoms with Gasteiger partial charge >= 0.3 is 0 Å². The van der Waals surface area contributed by atoms with Crippen molar-refractivity contribution in [1.82, 2.24) is 10.2 Å². The number of nitrogens with one attached hydrogen (secondary N) is 2. The van der Waals surface area contributed by atoms with E-state index in [4.69, 9.17) is 9.47 Å². The number of amides is 1. The Morgan fingerprint density at radius 2 is 1.90 bits per heavy atom. The molecule has 0 radical (unpaired) electrons. The average molecular weight is 484 g/mol. The summed E-state index contributed by atoms with van der Waals surface area (Å²) < 4.78 is 25.8. The van der Waals surface area contributed by atoms with Crippen molar-refractivity contribution in [1.29, 1.82) is 0 Å². The lowest BCUT2D eigenvalue weighted by molar-refractivity contribution is -0.121. The van der Waals surface area contributed by atoms with Gasteiger partial charge < -0.3 is 14.8 Å². The van der Waals surface area contributed by atoms with Crippen LogP contribution >= 0.6 is 15.9 Å². The molecule has 3 aromatic carbocycles. The number of carbonyl (C=O) groups is 1. The van der Waals surface area contributed by atoms with Gasteiger partial charge in [0.15, 0.2) is 5.82 Å². The summed E-state index contributed by atoms with van der Waals surface area (Å²) in [5.74, 6) is 0.255. The summed E-state index contributed by atoms with van der Waals surface area (Å²) in [6.45, 7) is 0.333. The minimum Gasteiger partial charge on any atom is -0.489 e. The van der Waals surface area contributed by atoms with E-state index in [1.165, 1.54) is 6.07 Å². The summed E-state index contributed by atoms with van der Waals surface area (Å²) in [5, 5.41) is 10.4. The molecule has 31 heavy (non-hydrogen) atoms. The van der Waals surface area contributed by atoms with Crippen LogP contribution in [0.4, 0.5) is 10.2 Å². The normalized spacial score (nSPS) is 10.9. The van der Waals surface area contributed by atoms with Crippen LogP contribution < -0.4 is 10.1 Å². The quantitative estimate of drug-likeness (QED) is 0.361. The SMILES string of the molecule is O=C(COCc1ccccc1)Nc1n[nH]c2ccc(OCc3ccc(Br)cc3F)cc12. The Morgan fingerprint density at radius 3 is 2.71 bits per heavy atom. The van der Waals surface area contributed by atoms with E-state index in [1.54, 1.807) is 30.3 Å². The van der Waals surface area contributed by atoms with Crippen LogP contribution in [0.3, 0.4) is 0 Å². The minimum atomic E-state index is -0.345. The number of aromatic nitrogens is 2. The Balaban J connectivity index is 1.37. The van der Waals surface area contributed by atoms with Gasteiger partial charge in [-0.05, 0) is 35.9 Å². The molecule has 0 fully saturated rings. The molecule has 8 heteroatoms. The highest BCUT2D eigenvalue weighted by Crippen LogP contribution is 2.26. The van der Waals surface area contributed by atoms with Crippen molar-refractivity contribution in [2.24, 2.45) is 0 Å². The monoisotopic (exact) mass is 483 g/mol. The third-order valence-electron chi connectivity index (χ3n) is 4.55. The maximum atomic E-state index is 14.0. The fourth-order valence-corrected chi connectivity index (χ4v) is 3.32. The molecule has 4 rings (SSSR count). The highest BCUT2D eigenvalue weighted by atomic mass is 79.9. The molecule has 4 aromatic rings. The Labute approximate surface area is 186 Å². The maximum Gasteiger partial charge on any atom is 0.251 e. The fraction of sp³-hybridized carbons (Fsp3) is 0.130. The number of hydrogen-bond acceptors (Lipinski definition) is 4. The molecule has 1 heterocycles. The number of hydrogen-bond donors (Lipinski definition) is 2. The van der Waals surface area contributed by atoms with E-state index in [-0.39, 0.29) is 24.9 Å². The molecule has 1 aromatic heterocycles. The van der Waals surface area contributed by atoms with Crippen molar-refractivity contribution >= 4 is 38.6 Å². The average Bonchev–Trinajstić information content (AvgIpc) is 3.16. The van der Waals surface area contributed by atoms with Gasteiger partial charge in [0, 0.05) is 15.4 Å². The van der Waals surface area contributed by atoms with Gasteiger partial charge in [0.1, 0.15) is 24.8 Å². The first kappa shape index (κ1) is 21.0. The molecule has 6 nitrogen and oxygen atoms in total. The summed E-state index contributed by atoms with van der Waals surface area (Å²) in [6.07, 6.45) is 0. The van der Waals surface area contributed by atoms with Gasteiger partial charge in [0.05, 0.1) is 12.1 Å². The number of nitrogens with zero attached hydrogens (tertiary/aromatic N) is 1. The van der Waals surface area contributed by atoms with Crippen LogP contribution in [0.2, 0.25) is 0 Å². The first-order valence-corrected chi connectivity index (χ1v) is 10.3. The molecule has 0 unspecified atom stereocenters. The largest absolute Gasteiger partial charge is 0.489 e. The minimum absolute atomic E-state index is 0.0808. The molecule has 0 aliphatic rings. The number of rotatable bonds is 8. The van der Waals surface area contributed by atoms with Crippen LogP contribution in [0.1, 0.15) is 11.1 Å². The lowest BCUT2D eigenvalue weighted by Crippen LogP contribution is -2.18. The van der Waals surface area contributed by atoms with Crippen molar-refractivity contribution in [2.45, 2.75) is 13.2 Å². The van der Waals surface area contributed by atoms with Gasteiger partial charge in [0.2, 0.25) is 0 Å². The first-order valence-electron chi connectivity index (χ1n) is 9.55. The number of carbonyl (C=O) groups excluding carboxylic acids is 1. The Morgan fingerprint density at radius 1 is 1.06 bits per heavy atom. The number of fused-ring (bicyclic) bond motifs is 1. The first-order chi connectivity index (χ1) is 15.1. The van der Waals surface area contributed by atoms with Crippen molar-refractivity contribution in [3.8, 4) is 5.75 Å². The molecule has 0 spiro atoms. The number of halogens is 2. The molecule has 0 saturated heterocycles. The number of aromatic amines is 1. The molecule has 0 aliphatic heterocycles. The molecule has 0 atom stereocenters. The van der Waals surface area contributed by atoms with Crippen molar-refractivity contribution in [2.75, 3.05) is 11.9 Å². The van der Waals surface area contributed by atoms with E-state index in [9.17, 15) is 9.18 Å². The van der Waals surface area contributed by atoms with Gasteiger partial charge in [-0.3, -0.25) is 9.89 Å². The van der Waals surface area contributed by atoms with E-state index in [2.05, 4.69) is 31.4 Å². The predicted octanol–water partition coefficient (Wildman–Crippen LogP) is 5.20.